The highest BCUT2D eigenvalue weighted by molar-refractivity contribution is 6.33. The number of carbonyl (C=O) groups excluding carboxylic acids is 1. The van der Waals surface area contributed by atoms with E-state index < -0.39 is 6.09 Å². The van der Waals surface area contributed by atoms with Crippen LogP contribution in [0.2, 0.25) is 5.02 Å². The number of hydrogen-bond acceptors (Lipinski definition) is 3. The second-order valence-corrected chi connectivity index (χ2v) is 6.27. The molecule has 2 aromatic carbocycles. The second-order valence-electron chi connectivity index (χ2n) is 5.86. The Balaban J connectivity index is 1.55. The highest BCUT2D eigenvalue weighted by atomic mass is 35.5. The molecule has 0 radical (unpaired) electrons. The summed E-state index contributed by atoms with van der Waals surface area (Å²) in [6.45, 7) is 2.25. The third-order valence-corrected chi connectivity index (χ3v) is 4.49. The lowest BCUT2D eigenvalue weighted by molar-refractivity contribution is 0.142. The summed E-state index contributed by atoms with van der Waals surface area (Å²) >= 11 is 6.02. The maximum atomic E-state index is 12.1. The molecule has 3 rings (SSSR count). The zero-order valence-electron chi connectivity index (χ0n) is 14.0. The van der Waals surface area contributed by atoms with Gasteiger partial charge in [-0.05, 0) is 36.4 Å². The van der Waals surface area contributed by atoms with Gasteiger partial charge in [0.15, 0.2) is 0 Å². The number of piperazine rings is 1. The molecule has 0 aromatic heterocycles. The van der Waals surface area contributed by atoms with Gasteiger partial charge in [-0.2, -0.15) is 0 Å². The Hall–Kier alpha value is -2.93. The van der Waals surface area contributed by atoms with Crippen molar-refractivity contribution in [2.75, 3.05) is 41.7 Å². The number of urea groups is 1. The average Bonchev–Trinajstić information content (AvgIpc) is 2.64. The van der Waals surface area contributed by atoms with Crippen molar-refractivity contribution >= 4 is 40.8 Å². The Bertz CT molecular complexity index is 789. The van der Waals surface area contributed by atoms with Crippen molar-refractivity contribution in [3.05, 3.63) is 53.6 Å². The summed E-state index contributed by atoms with van der Waals surface area (Å²) in [4.78, 5) is 26.5. The van der Waals surface area contributed by atoms with Crippen LogP contribution in [0.5, 0.6) is 0 Å². The topological polar surface area (TPSA) is 84.9 Å². The number of anilines is 3. The summed E-state index contributed by atoms with van der Waals surface area (Å²) in [7, 11) is 0. The maximum Gasteiger partial charge on any atom is 0.407 e. The van der Waals surface area contributed by atoms with Crippen molar-refractivity contribution in [3.63, 3.8) is 0 Å². The molecule has 8 heteroatoms. The van der Waals surface area contributed by atoms with E-state index in [0.29, 0.717) is 42.6 Å². The lowest BCUT2D eigenvalue weighted by atomic mass is 10.2. The number of carbonyl (C=O) groups is 2. The highest BCUT2D eigenvalue weighted by Crippen LogP contribution is 2.22. The van der Waals surface area contributed by atoms with Gasteiger partial charge in [0.2, 0.25) is 0 Å². The molecule has 1 heterocycles. The first-order chi connectivity index (χ1) is 12.5. The number of nitrogens with one attached hydrogen (secondary N) is 2. The Morgan fingerprint density at radius 1 is 0.923 bits per heavy atom. The first-order valence-corrected chi connectivity index (χ1v) is 8.56. The van der Waals surface area contributed by atoms with Crippen LogP contribution in [0, 0.1) is 0 Å². The van der Waals surface area contributed by atoms with Crippen LogP contribution in [0.3, 0.4) is 0 Å². The molecule has 136 valence electrons. The third-order valence-electron chi connectivity index (χ3n) is 4.16. The fourth-order valence-corrected chi connectivity index (χ4v) is 2.94. The van der Waals surface area contributed by atoms with E-state index in [1.807, 2.05) is 24.3 Å². The summed E-state index contributed by atoms with van der Waals surface area (Å²) in [5.41, 5.74) is 2.19. The molecule has 3 amide bonds. The first-order valence-electron chi connectivity index (χ1n) is 8.18. The zero-order valence-corrected chi connectivity index (χ0v) is 14.7. The molecule has 3 N–H and O–H groups in total. The molecule has 1 aliphatic heterocycles. The van der Waals surface area contributed by atoms with Crippen LogP contribution in [0.15, 0.2) is 48.5 Å². The smallest absolute Gasteiger partial charge is 0.407 e. The molecule has 0 atom stereocenters. The molecule has 1 fully saturated rings. The number of nitrogens with zero attached hydrogens (tertiary/aromatic N) is 2. The minimum Gasteiger partial charge on any atom is -0.465 e. The monoisotopic (exact) mass is 374 g/mol. The van der Waals surface area contributed by atoms with Crippen molar-refractivity contribution in [3.8, 4) is 0 Å². The van der Waals surface area contributed by atoms with Gasteiger partial charge in [0.1, 0.15) is 0 Å². The number of para-hydroxylation sites is 1. The number of hydrogen-bond donors (Lipinski definition) is 3. The number of amides is 3. The van der Waals surface area contributed by atoms with Crippen LogP contribution in [0.25, 0.3) is 0 Å². The van der Waals surface area contributed by atoms with Crippen LogP contribution < -0.4 is 15.5 Å². The summed E-state index contributed by atoms with van der Waals surface area (Å²) in [6, 6.07) is 14.1. The van der Waals surface area contributed by atoms with Gasteiger partial charge in [0, 0.05) is 37.6 Å². The van der Waals surface area contributed by atoms with E-state index in [-0.39, 0.29) is 6.03 Å². The normalized spacial score (nSPS) is 14.0. The van der Waals surface area contributed by atoms with Gasteiger partial charge in [-0.3, -0.25) is 0 Å². The van der Waals surface area contributed by atoms with E-state index in [4.69, 9.17) is 16.7 Å². The van der Waals surface area contributed by atoms with Crippen molar-refractivity contribution in [2.45, 2.75) is 0 Å². The van der Waals surface area contributed by atoms with Gasteiger partial charge in [0.25, 0.3) is 0 Å². The predicted molar refractivity (Wildman–Crippen MR) is 102 cm³/mol. The van der Waals surface area contributed by atoms with Crippen molar-refractivity contribution in [1.82, 2.24) is 4.90 Å². The summed E-state index contributed by atoms with van der Waals surface area (Å²) in [6.07, 6.45) is -0.881. The van der Waals surface area contributed by atoms with Crippen molar-refractivity contribution < 1.29 is 14.7 Å². The summed E-state index contributed by atoms with van der Waals surface area (Å²) < 4.78 is 0. The fourth-order valence-electron chi connectivity index (χ4n) is 2.76. The van der Waals surface area contributed by atoms with Crippen LogP contribution in [0.4, 0.5) is 26.7 Å². The number of halogens is 1. The van der Waals surface area contributed by atoms with Crippen molar-refractivity contribution in [1.29, 1.82) is 0 Å². The van der Waals surface area contributed by atoms with E-state index in [1.165, 1.54) is 4.90 Å². The molecule has 1 aliphatic rings. The van der Waals surface area contributed by atoms with Gasteiger partial charge in [-0.25, -0.2) is 9.59 Å². The molecule has 7 nitrogen and oxygen atoms in total. The Morgan fingerprint density at radius 2 is 1.58 bits per heavy atom. The number of benzene rings is 2. The van der Waals surface area contributed by atoms with Crippen LogP contribution in [-0.2, 0) is 0 Å². The maximum absolute atomic E-state index is 12.1. The predicted octanol–water partition coefficient (Wildman–Crippen LogP) is 3.78. The molecule has 2 aromatic rings. The van der Waals surface area contributed by atoms with Crippen LogP contribution in [-0.4, -0.2) is 48.3 Å². The summed E-state index contributed by atoms with van der Waals surface area (Å²) in [5.74, 6) is 0. The molecule has 0 unspecified atom stereocenters. The van der Waals surface area contributed by atoms with Gasteiger partial charge in [-0.1, -0.05) is 23.7 Å². The van der Waals surface area contributed by atoms with E-state index in [9.17, 15) is 9.59 Å². The zero-order chi connectivity index (χ0) is 18.5. The fraction of sp³-hybridized carbons (Fsp3) is 0.222. The van der Waals surface area contributed by atoms with Gasteiger partial charge >= 0.3 is 12.1 Å². The van der Waals surface area contributed by atoms with Crippen molar-refractivity contribution in [2.24, 2.45) is 0 Å². The van der Waals surface area contributed by atoms with E-state index in [0.717, 1.165) is 5.69 Å². The SMILES string of the molecule is O=C(Nc1ccc(N2CCN(C(=O)O)CC2)cc1)Nc1ccccc1Cl. The Kier molecular flexibility index (Phi) is 5.48. The number of rotatable bonds is 3. The molecular formula is C18H19ClN4O3. The molecule has 0 saturated carbocycles. The Morgan fingerprint density at radius 3 is 2.19 bits per heavy atom. The molecule has 0 spiro atoms. The molecule has 1 saturated heterocycles. The minimum absolute atomic E-state index is 0.374. The quantitative estimate of drug-likeness (QED) is 0.763. The lowest BCUT2D eigenvalue weighted by Crippen LogP contribution is -2.48. The molecule has 0 bridgehead atoms. The molecule has 26 heavy (non-hydrogen) atoms. The lowest BCUT2D eigenvalue weighted by Gasteiger charge is -2.34. The molecular weight excluding hydrogens is 356 g/mol. The highest BCUT2D eigenvalue weighted by Gasteiger charge is 2.20. The largest absolute Gasteiger partial charge is 0.465 e. The molecule has 0 aliphatic carbocycles. The minimum atomic E-state index is -0.881. The van der Waals surface area contributed by atoms with Crippen LogP contribution in [0.1, 0.15) is 0 Å². The number of carboxylic acid groups (broad SMARTS) is 1. The summed E-state index contributed by atoms with van der Waals surface area (Å²) in [5, 5.41) is 14.9. The van der Waals surface area contributed by atoms with Gasteiger partial charge in [0.05, 0.1) is 10.7 Å². The van der Waals surface area contributed by atoms with E-state index >= 15 is 0 Å². The van der Waals surface area contributed by atoms with Crippen LogP contribution >= 0.6 is 11.6 Å². The second kappa shape index (κ2) is 7.97. The van der Waals surface area contributed by atoms with Gasteiger partial charge < -0.3 is 25.5 Å². The van der Waals surface area contributed by atoms with E-state index in [2.05, 4.69) is 15.5 Å². The average molecular weight is 375 g/mol. The first kappa shape index (κ1) is 17.9. The third kappa shape index (κ3) is 4.37. The van der Waals surface area contributed by atoms with E-state index in [1.54, 1.807) is 24.3 Å². The van der Waals surface area contributed by atoms with Gasteiger partial charge in [-0.15, -0.1) is 0 Å². The Labute approximate surface area is 156 Å². The standard InChI is InChI=1S/C18H19ClN4O3/c19-15-3-1-2-4-16(15)21-17(24)20-13-5-7-14(8-6-13)22-9-11-23(12-10-22)18(25)26/h1-8H,9-12H2,(H,25,26)(H2,20,21,24).